The maximum absolute atomic E-state index is 10.9. The minimum Gasteiger partial charge on any atom is -0.352 e. The van der Waals surface area contributed by atoms with E-state index < -0.39 is 0 Å². The first-order valence-electron chi connectivity index (χ1n) is 5.38. The van der Waals surface area contributed by atoms with Gasteiger partial charge in [0.2, 0.25) is 5.91 Å². The van der Waals surface area contributed by atoms with E-state index in [1.807, 2.05) is 0 Å². The van der Waals surface area contributed by atoms with Gasteiger partial charge in [0.05, 0.1) is 0 Å². The van der Waals surface area contributed by atoms with E-state index in [1.165, 1.54) is 0 Å². The summed E-state index contributed by atoms with van der Waals surface area (Å²) in [5.41, 5.74) is 5.68. The standard InChI is InChI=1S/C10H21N3O/c1-3-10(6-11)13-5-4-9(7-13)12-8(2)14/h9-10H,3-7,11H2,1-2H3,(H,12,14). The van der Waals surface area contributed by atoms with Crippen LogP contribution in [0.1, 0.15) is 26.7 Å². The fraction of sp³-hybridized carbons (Fsp3) is 0.900. The third-order valence-electron chi connectivity index (χ3n) is 2.89. The van der Waals surface area contributed by atoms with Crippen LogP contribution in [-0.4, -0.2) is 42.5 Å². The monoisotopic (exact) mass is 199 g/mol. The van der Waals surface area contributed by atoms with Gasteiger partial charge in [-0.15, -0.1) is 0 Å². The van der Waals surface area contributed by atoms with Crippen molar-refractivity contribution in [1.29, 1.82) is 0 Å². The number of nitrogens with two attached hydrogens (primary N) is 1. The van der Waals surface area contributed by atoms with Crippen LogP contribution in [0.3, 0.4) is 0 Å². The molecular weight excluding hydrogens is 178 g/mol. The molecule has 0 aromatic heterocycles. The predicted molar refractivity (Wildman–Crippen MR) is 56.9 cm³/mol. The van der Waals surface area contributed by atoms with Crippen molar-refractivity contribution >= 4 is 5.91 Å². The molecule has 4 heteroatoms. The molecule has 1 saturated heterocycles. The molecule has 1 aliphatic heterocycles. The van der Waals surface area contributed by atoms with Gasteiger partial charge < -0.3 is 11.1 Å². The highest BCUT2D eigenvalue weighted by molar-refractivity contribution is 5.73. The molecule has 0 aromatic carbocycles. The third-order valence-corrected chi connectivity index (χ3v) is 2.89. The lowest BCUT2D eigenvalue weighted by Gasteiger charge is -2.25. The molecule has 1 amide bonds. The Morgan fingerprint density at radius 3 is 2.93 bits per heavy atom. The first-order chi connectivity index (χ1) is 6.67. The van der Waals surface area contributed by atoms with Crippen molar-refractivity contribution in [3.05, 3.63) is 0 Å². The average molecular weight is 199 g/mol. The molecule has 1 fully saturated rings. The Labute approximate surface area is 85.8 Å². The fourth-order valence-corrected chi connectivity index (χ4v) is 2.10. The smallest absolute Gasteiger partial charge is 0.217 e. The summed E-state index contributed by atoms with van der Waals surface area (Å²) < 4.78 is 0. The topological polar surface area (TPSA) is 58.4 Å². The second kappa shape index (κ2) is 5.32. The number of amides is 1. The molecule has 0 aromatic rings. The second-order valence-corrected chi connectivity index (χ2v) is 3.98. The minimum absolute atomic E-state index is 0.0673. The molecule has 0 radical (unpaired) electrons. The van der Waals surface area contributed by atoms with Gasteiger partial charge in [0.25, 0.3) is 0 Å². The molecule has 0 saturated carbocycles. The van der Waals surface area contributed by atoms with Crippen LogP contribution in [0.4, 0.5) is 0 Å². The van der Waals surface area contributed by atoms with Crippen molar-refractivity contribution in [2.24, 2.45) is 5.73 Å². The first-order valence-corrected chi connectivity index (χ1v) is 5.38. The van der Waals surface area contributed by atoms with Crippen LogP contribution in [0.25, 0.3) is 0 Å². The van der Waals surface area contributed by atoms with Crippen molar-refractivity contribution in [1.82, 2.24) is 10.2 Å². The second-order valence-electron chi connectivity index (χ2n) is 3.98. The molecular formula is C10H21N3O. The van der Waals surface area contributed by atoms with Crippen LogP contribution in [0.2, 0.25) is 0 Å². The Hall–Kier alpha value is -0.610. The summed E-state index contributed by atoms with van der Waals surface area (Å²) in [5, 5.41) is 2.95. The molecule has 1 rings (SSSR count). The quantitative estimate of drug-likeness (QED) is 0.666. The zero-order valence-electron chi connectivity index (χ0n) is 9.12. The summed E-state index contributed by atoms with van der Waals surface area (Å²) in [4.78, 5) is 13.2. The molecule has 14 heavy (non-hydrogen) atoms. The Morgan fingerprint density at radius 2 is 2.43 bits per heavy atom. The van der Waals surface area contributed by atoms with Crippen LogP contribution >= 0.6 is 0 Å². The molecule has 1 aliphatic rings. The highest BCUT2D eigenvalue weighted by atomic mass is 16.1. The fourth-order valence-electron chi connectivity index (χ4n) is 2.10. The lowest BCUT2D eigenvalue weighted by Crippen LogP contribution is -2.41. The van der Waals surface area contributed by atoms with Crippen molar-refractivity contribution in [2.75, 3.05) is 19.6 Å². The average Bonchev–Trinajstić information content (AvgIpc) is 2.54. The zero-order valence-corrected chi connectivity index (χ0v) is 9.12. The van der Waals surface area contributed by atoms with E-state index >= 15 is 0 Å². The molecule has 2 atom stereocenters. The van der Waals surface area contributed by atoms with Gasteiger partial charge in [0.1, 0.15) is 0 Å². The Bertz CT molecular complexity index is 192. The van der Waals surface area contributed by atoms with Crippen LogP contribution in [-0.2, 0) is 4.79 Å². The van der Waals surface area contributed by atoms with Gasteiger partial charge in [-0.1, -0.05) is 6.92 Å². The Morgan fingerprint density at radius 1 is 1.71 bits per heavy atom. The summed E-state index contributed by atoms with van der Waals surface area (Å²) in [7, 11) is 0. The van der Waals surface area contributed by atoms with E-state index in [4.69, 9.17) is 5.73 Å². The van der Waals surface area contributed by atoms with E-state index in [0.717, 1.165) is 25.9 Å². The summed E-state index contributed by atoms with van der Waals surface area (Å²) in [5.74, 6) is 0.0673. The van der Waals surface area contributed by atoms with E-state index in [1.54, 1.807) is 6.92 Å². The number of rotatable bonds is 4. The third kappa shape index (κ3) is 2.96. The first kappa shape index (κ1) is 11.5. The Kier molecular flexibility index (Phi) is 4.35. The predicted octanol–water partition coefficient (Wildman–Crippen LogP) is -0.0659. The van der Waals surface area contributed by atoms with Crippen LogP contribution in [0.5, 0.6) is 0 Å². The maximum Gasteiger partial charge on any atom is 0.217 e. The van der Waals surface area contributed by atoms with Crippen LogP contribution < -0.4 is 11.1 Å². The van der Waals surface area contributed by atoms with Gasteiger partial charge in [0.15, 0.2) is 0 Å². The molecule has 4 nitrogen and oxygen atoms in total. The number of carbonyl (C=O) groups excluding carboxylic acids is 1. The molecule has 82 valence electrons. The van der Waals surface area contributed by atoms with Gasteiger partial charge in [-0.2, -0.15) is 0 Å². The highest BCUT2D eigenvalue weighted by Gasteiger charge is 2.26. The van der Waals surface area contributed by atoms with Gasteiger partial charge in [-0.25, -0.2) is 0 Å². The van der Waals surface area contributed by atoms with Crippen molar-refractivity contribution in [3.63, 3.8) is 0 Å². The minimum atomic E-state index is 0.0673. The largest absolute Gasteiger partial charge is 0.352 e. The maximum atomic E-state index is 10.9. The van der Waals surface area contributed by atoms with Crippen molar-refractivity contribution < 1.29 is 4.79 Å². The lowest BCUT2D eigenvalue weighted by atomic mass is 10.2. The Balaban J connectivity index is 2.36. The molecule has 1 heterocycles. The lowest BCUT2D eigenvalue weighted by molar-refractivity contribution is -0.119. The summed E-state index contributed by atoms with van der Waals surface area (Å²) in [6.07, 6.45) is 2.14. The van der Waals surface area contributed by atoms with E-state index in [0.29, 0.717) is 18.6 Å². The number of nitrogens with one attached hydrogen (secondary N) is 1. The van der Waals surface area contributed by atoms with E-state index in [9.17, 15) is 4.79 Å². The van der Waals surface area contributed by atoms with Crippen molar-refractivity contribution in [2.45, 2.75) is 38.8 Å². The van der Waals surface area contributed by atoms with E-state index in [2.05, 4.69) is 17.1 Å². The van der Waals surface area contributed by atoms with Gasteiger partial charge in [0, 0.05) is 38.6 Å². The van der Waals surface area contributed by atoms with Crippen molar-refractivity contribution in [3.8, 4) is 0 Å². The van der Waals surface area contributed by atoms with Gasteiger partial charge in [-0.05, 0) is 12.8 Å². The number of hydrogen-bond donors (Lipinski definition) is 2. The molecule has 0 aliphatic carbocycles. The summed E-state index contributed by atoms with van der Waals surface area (Å²) >= 11 is 0. The number of nitrogens with zero attached hydrogens (tertiary/aromatic N) is 1. The molecule has 2 unspecified atom stereocenters. The van der Waals surface area contributed by atoms with Crippen LogP contribution in [0.15, 0.2) is 0 Å². The number of likely N-dealkylation sites (tertiary alicyclic amines) is 1. The normalized spacial score (nSPS) is 24.9. The summed E-state index contributed by atoms with van der Waals surface area (Å²) in [6, 6.07) is 0.807. The molecule has 3 N–H and O–H groups in total. The van der Waals surface area contributed by atoms with E-state index in [-0.39, 0.29) is 5.91 Å². The number of hydrogen-bond acceptors (Lipinski definition) is 3. The molecule has 0 bridgehead atoms. The summed E-state index contributed by atoms with van der Waals surface area (Å²) in [6.45, 7) is 6.45. The molecule has 0 spiro atoms. The number of carbonyl (C=O) groups is 1. The SMILES string of the molecule is CCC(CN)N1CCC(NC(C)=O)C1. The zero-order chi connectivity index (χ0) is 10.6. The van der Waals surface area contributed by atoms with Crippen LogP contribution in [0, 0.1) is 0 Å². The van der Waals surface area contributed by atoms with Gasteiger partial charge >= 0.3 is 0 Å². The van der Waals surface area contributed by atoms with Gasteiger partial charge in [-0.3, -0.25) is 9.69 Å². The highest BCUT2D eigenvalue weighted by Crippen LogP contribution is 2.14.